The Bertz CT molecular complexity index is 2720. The smallest absolute Gasteiger partial charge is 0.137 e. The number of aromatic nitrogens is 5. The number of nitrogens with zero attached hydrogens (tertiary/aromatic N) is 7. The third-order valence-electron chi connectivity index (χ3n) is 9.94. The normalized spacial score (nSPS) is 12.9. The molecule has 0 spiro atoms. The molecule has 1 aliphatic rings. The van der Waals surface area contributed by atoms with Gasteiger partial charge >= 0.3 is 0 Å². The number of aryl methyl sites for hydroxylation is 1. The Balaban J connectivity index is 0.00000455. The largest absolute Gasteiger partial charge is 0.508 e. The summed E-state index contributed by atoms with van der Waals surface area (Å²) in [6.07, 6.45) is 1.81. The van der Waals surface area contributed by atoms with E-state index in [1.54, 1.807) is 0 Å². The predicted octanol–water partition coefficient (Wildman–Crippen LogP) is 11.7. The molecule has 0 atom stereocenters. The van der Waals surface area contributed by atoms with E-state index in [1.807, 2.05) is 48.7 Å². The number of benzene rings is 5. The van der Waals surface area contributed by atoms with E-state index in [4.69, 9.17) is 24.7 Å². The van der Waals surface area contributed by atoms with Crippen LogP contribution in [0.25, 0.3) is 39.0 Å². The first kappa shape index (κ1) is 38.0. The number of rotatable bonds is 6. The Morgan fingerprint density at radius 3 is 2.00 bits per heavy atom. The van der Waals surface area contributed by atoms with Gasteiger partial charge in [0.1, 0.15) is 23.3 Å². The van der Waals surface area contributed by atoms with Crippen molar-refractivity contribution in [1.29, 1.82) is 0 Å². The molecular weight excluding hydrogens is 886 g/mol. The van der Waals surface area contributed by atoms with Crippen molar-refractivity contribution >= 4 is 44.6 Å². The molecule has 9 heteroatoms. The molecule has 0 unspecified atom stereocenters. The van der Waals surface area contributed by atoms with Gasteiger partial charge < -0.3 is 19.1 Å². The van der Waals surface area contributed by atoms with Gasteiger partial charge in [-0.25, -0.2) is 19.9 Å². The van der Waals surface area contributed by atoms with Gasteiger partial charge in [-0.3, -0.25) is 0 Å². The van der Waals surface area contributed by atoms with E-state index in [0.29, 0.717) is 34.5 Å². The number of anilines is 4. The first-order valence-electron chi connectivity index (χ1n) is 18.9. The topological polar surface area (TPSA) is 72.2 Å². The van der Waals surface area contributed by atoms with Gasteiger partial charge in [-0.05, 0) is 60.3 Å². The van der Waals surface area contributed by atoms with E-state index in [2.05, 4.69) is 154 Å². The SMILES string of the molecule is Cc1ccc(N2[CH-]N(c3[c-]c(Oc4[c-]c5c(cc4-c4nc(C(C)(C)C)nc(C(C)(C)C)n4)c4ccccc4n5-c4ccccn4)ccc3)c3ccccc32)cc1.[Pt]. The van der Waals surface area contributed by atoms with Gasteiger partial charge in [-0.2, -0.15) is 6.07 Å². The van der Waals surface area contributed by atoms with Crippen LogP contribution in [0.1, 0.15) is 58.8 Å². The zero-order valence-electron chi connectivity index (χ0n) is 33.0. The van der Waals surface area contributed by atoms with Gasteiger partial charge in [-0.1, -0.05) is 101 Å². The fourth-order valence-corrected chi connectivity index (χ4v) is 7.02. The molecule has 4 heterocycles. The average Bonchev–Trinajstić information content (AvgIpc) is 3.73. The monoisotopic (exact) mass is 927 g/mol. The molecule has 1 aliphatic heterocycles. The van der Waals surface area contributed by atoms with Crippen molar-refractivity contribution in [3.8, 4) is 28.7 Å². The van der Waals surface area contributed by atoms with Crippen LogP contribution in [0.2, 0.25) is 0 Å². The Labute approximate surface area is 348 Å². The molecule has 288 valence electrons. The van der Waals surface area contributed by atoms with Crippen LogP contribution in [-0.4, -0.2) is 24.5 Å². The first-order chi connectivity index (χ1) is 26.9. The number of para-hydroxylation sites is 3. The summed E-state index contributed by atoms with van der Waals surface area (Å²) in [6, 6.07) is 46.6. The van der Waals surface area contributed by atoms with Crippen LogP contribution in [-0.2, 0) is 31.9 Å². The maximum atomic E-state index is 6.92. The van der Waals surface area contributed by atoms with Crippen LogP contribution in [0.15, 0.2) is 121 Å². The van der Waals surface area contributed by atoms with Crippen molar-refractivity contribution in [3.05, 3.63) is 157 Å². The summed E-state index contributed by atoms with van der Waals surface area (Å²) in [5.74, 6) is 3.75. The van der Waals surface area contributed by atoms with E-state index in [1.165, 1.54) is 5.56 Å². The second-order valence-corrected chi connectivity index (χ2v) is 16.3. The van der Waals surface area contributed by atoms with Gasteiger partial charge in [0.2, 0.25) is 0 Å². The summed E-state index contributed by atoms with van der Waals surface area (Å²) in [4.78, 5) is 24.3. The molecule has 0 amide bonds. The Kier molecular flexibility index (Phi) is 9.73. The number of hydrogen-bond donors (Lipinski definition) is 0. The molecule has 9 rings (SSSR count). The molecule has 0 fully saturated rings. The van der Waals surface area contributed by atoms with Gasteiger partial charge in [0.05, 0.1) is 0 Å². The minimum atomic E-state index is -0.321. The molecule has 0 aliphatic carbocycles. The zero-order valence-corrected chi connectivity index (χ0v) is 35.3. The molecule has 0 radical (unpaired) electrons. The van der Waals surface area contributed by atoms with Crippen molar-refractivity contribution in [1.82, 2.24) is 24.5 Å². The average molecular weight is 928 g/mol. The van der Waals surface area contributed by atoms with Crippen LogP contribution in [0.3, 0.4) is 0 Å². The van der Waals surface area contributed by atoms with Gasteiger partial charge in [0, 0.05) is 72.2 Å². The maximum Gasteiger partial charge on any atom is 0.137 e. The molecule has 57 heavy (non-hydrogen) atoms. The van der Waals surface area contributed by atoms with Crippen molar-refractivity contribution in [2.24, 2.45) is 0 Å². The molecule has 5 aromatic carbocycles. The first-order valence-corrected chi connectivity index (χ1v) is 18.9. The van der Waals surface area contributed by atoms with Crippen LogP contribution < -0.4 is 14.5 Å². The third-order valence-corrected chi connectivity index (χ3v) is 9.94. The van der Waals surface area contributed by atoms with E-state index in [0.717, 1.165) is 50.4 Å². The Morgan fingerprint density at radius 2 is 1.32 bits per heavy atom. The second-order valence-electron chi connectivity index (χ2n) is 16.3. The van der Waals surface area contributed by atoms with Crippen LogP contribution in [0.5, 0.6) is 11.5 Å². The predicted molar refractivity (Wildman–Crippen MR) is 225 cm³/mol. The van der Waals surface area contributed by atoms with Crippen LogP contribution in [0, 0.1) is 25.7 Å². The van der Waals surface area contributed by atoms with Crippen molar-refractivity contribution in [2.45, 2.75) is 59.3 Å². The number of ether oxygens (including phenoxy) is 1. The van der Waals surface area contributed by atoms with E-state index in [-0.39, 0.29) is 31.9 Å². The molecule has 0 saturated carbocycles. The minimum absolute atomic E-state index is 0. The summed E-state index contributed by atoms with van der Waals surface area (Å²) in [5, 5.41) is 2.05. The van der Waals surface area contributed by atoms with Crippen molar-refractivity contribution in [2.75, 3.05) is 9.80 Å². The molecule has 3 aromatic heterocycles. The molecule has 0 N–H and O–H groups in total. The van der Waals surface area contributed by atoms with E-state index >= 15 is 0 Å². The molecule has 8 aromatic rings. The van der Waals surface area contributed by atoms with Gasteiger partial charge in [-0.15, -0.1) is 48.1 Å². The molecule has 0 bridgehead atoms. The summed E-state index contributed by atoms with van der Waals surface area (Å²) in [7, 11) is 0. The number of pyridine rings is 1. The quantitative estimate of drug-likeness (QED) is 0.154. The third kappa shape index (κ3) is 7.08. The van der Waals surface area contributed by atoms with E-state index < -0.39 is 0 Å². The number of fused-ring (bicyclic) bond motifs is 4. The van der Waals surface area contributed by atoms with E-state index in [9.17, 15) is 0 Å². The summed E-state index contributed by atoms with van der Waals surface area (Å²) < 4.78 is 9.05. The zero-order chi connectivity index (χ0) is 38.8. The number of hydrogen-bond acceptors (Lipinski definition) is 7. The van der Waals surface area contributed by atoms with Gasteiger partial charge in [0.15, 0.2) is 0 Å². The molecule has 8 nitrogen and oxygen atoms in total. The maximum absolute atomic E-state index is 6.92. The standard InChI is InChI=1S/C48H42N7O.Pt/c1-31-22-24-32(25-23-31)53-30-54(40-20-11-10-19-39(40)53)33-15-14-16-34(27-33)56-42-29-41-36(35-17-8-9-18-38(35)55(41)43-21-12-13-26-49-43)28-37(42)44-50-45(47(2,3)4)52-46(51-44)48(5,6)7;/h8-26,28,30H,1-7H3;/q-3;. The second kappa shape index (κ2) is 14.6. The fraction of sp³-hybridized carbons (Fsp3) is 0.188. The minimum Gasteiger partial charge on any atom is -0.508 e. The molecule has 0 saturated heterocycles. The van der Waals surface area contributed by atoms with Crippen LogP contribution >= 0.6 is 0 Å². The van der Waals surface area contributed by atoms with Crippen molar-refractivity contribution < 1.29 is 25.8 Å². The Hall–Kier alpha value is -5.85. The Morgan fingerprint density at radius 1 is 0.649 bits per heavy atom. The van der Waals surface area contributed by atoms with Crippen molar-refractivity contribution in [3.63, 3.8) is 0 Å². The summed E-state index contributed by atoms with van der Waals surface area (Å²) in [5.41, 5.74) is 7.17. The summed E-state index contributed by atoms with van der Waals surface area (Å²) in [6.45, 7) is 17.0. The molecular formula is C48H42N7OPt-3. The van der Waals surface area contributed by atoms with Crippen LogP contribution in [0.4, 0.5) is 22.7 Å². The fourth-order valence-electron chi connectivity index (χ4n) is 7.02. The van der Waals surface area contributed by atoms with Gasteiger partial charge in [0.25, 0.3) is 0 Å². The summed E-state index contributed by atoms with van der Waals surface area (Å²) >= 11 is 0.